The molecule has 2 N–H and O–H groups in total. The molecule has 30 heavy (non-hydrogen) atoms. The number of nitrogens with zero attached hydrogens (tertiary/aromatic N) is 4. The molecule has 0 unspecified atom stereocenters. The first-order valence-corrected chi connectivity index (χ1v) is 9.11. The van der Waals surface area contributed by atoms with E-state index < -0.39 is 35.5 Å². The molecule has 3 amide bonds. The van der Waals surface area contributed by atoms with E-state index in [0.29, 0.717) is 6.92 Å². The Hall–Kier alpha value is -3.18. The molecule has 1 aliphatic rings. The highest BCUT2D eigenvalue weighted by Gasteiger charge is 2.35. The zero-order chi connectivity index (χ0) is 22.2. The van der Waals surface area contributed by atoms with Crippen molar-refractivity contribution in [2.45, 2.75) is 51.9 Å². The summed E-state index contributed by atoms with van der Waals surface area (Å²) in [6.07, 6.45) is 0. The molecule has 0 fully saturated rings. The Morgan fingerprint density at radius 2 is 1.97 bits per heavy atom. The van der Waals surface area contributed by atoms with Crippen LogP contribution in [-0.2, 0) is 13.1 Å². The van der Waals surface area contributed by atoms with Crippen LogP contribution in [0.1, 0.15) is 37.0 Å². The lowest BCUT2D eigenvalue weighted by atomic mass is 10.1. The molecule has 2 heterocycles. The van der Waals surface area contributed by atoms with Crippen molar-refractivity contribution in [3.05, 3.63) is 41.2 Å². The minimum Gasteiger partial charge on any atom is -0.342 e. The highest BCUT2D eigenvalue weighted by atomic mass is 19.3. The molecule has 0 saturated heterocycles. The smallest absolute Gasteiger partial charge is 0.322 e. The Balaban J connectivity index is 1.77. The zero-order valence-electron chi connectivity index (χ0n) is 16.4. The molecule has 1 aliphatic heterocycles. The second kappa shape index (κ2) is 7.92. The number of nitrogens with one attached hydrogen (secondary N) is 2. The van der Waals surface area contributed by atoms with Crippen LogP contribution in [0.15, 0.2) is 18.2 Å². The predicted octanol–water partition coefficient (Wildman–Crippen LogP) is 2.77. The quantitative estimate of drug-likeness (QED) is 0.733. The van der Waals surface area contributed by atoms with E-state index in [9.17, 15) is 27.2 Å². The van der Waals surface area contributed by atoms with E-state index in [1.807, 2.05) is 0 Å². The summed E-state index contributed by atoms with van der Waals surface area (Å²) >= 11 is 0. The molecule has 0 bridgehead atoms. The number of aromatic nitrogens is 3. The lowest BCUT2D eigenvalue weighted by molar-refractivity contribution is -0.0109. The highest BCUT2D eigenvalue weighted by Crippen LogP contribution is 2.22. The SMILES string of the molecule is C[C@H]1Cn2nnc(C(=O)N[C@H](C)C(C)(F)F)c2CN1C(=O)Nc1ccc(F)c(F)c1. The molecule has 3 rings (SSSR count). The first-order valence-electron chi connectivity index (χ1n) is 9.11. The lowest BCUT2D eigenvalue weighted by Gasteiger charge is -2.33. The summed E-state index contributed by atoms with van der Waals surface area (Å²) in [4.78, 5) is 26.4. The molecule has 2 aromatic rings. The van der Waals surface area contributed by atoms with Crippen molar-refractivity contribution in [1.29, 1.82) is 0 Å². The molecule has 0 spiro atoms. The number of benzene rings is 1. The number of carbonyl (C=O) groups is 2. The van der Waals surface area contributed by atoms with E-state index in [1.165, 1.54) is 15.6 Å². The van der Waals surface area contributed by atoms with Crippen LogP contribution < -0.4 is 10.6 Å². The van der Waals surface area contributed by atoms with Gasteiger partial charge in [-0.15, -0.1) is 5.10 Å². The number of fused-ring (bicyclic) bond motifs is 1. The van der Waals surface area contributed by atoms with Gasteiger partial charge in [-0.25, -0.2) is 27.0 Å². The summed E-state index contributed by atoms with van der Waals surface area (Å²) in [7, 11) is 0. The van der Waals surface area contributed by atoms with Gasteiger partial charge in [0.2, 0.25) is 0 Å². The highest BCUT2D eigenvalue weighted by molar-refractivity contribution is 5.94. The molecule has 162 valence electrons. The molecule has 1 aromatic carbocycles. The van der Waals surface area contributed by atoms with Crippen LogP contribution in [0.25, 0.3) is 0 Å². The fourth-order valence-corrected chi connectivity index (χ4v) is 2.91. The van der Waals surface area contributed by atoms with E-state index in [2.05, 4.69) is 20.9 Å². The molecule has 8 nitrogen and oxygen atoms in total. The van der Waals surface area contributed by atoms with E-state index in [4.69, 9.17) is 0 Å². The van der Waals surface area contributed by atoms with Crippen LogP contribution in [0.3, 0.4) is 0 Å². The van der Waals surface area contributed by atoms with E-state index >= 15 is 0 Å². The summed E-state index contributed by atoms with van der Waals surface area (Å²) in [6, 6.07) is 0.537. The fraction of sp³-hybridized carbons (Fsp3) is 0.444. The first kappa shape index (κ1) is 21.5. The van der Waals surface area contributed by atoms with E-state index in [0.717, 1.165) is 19.1 Å². The lowest BCUT2D eigenvalue weighted by Crippen LogP contribution is -2.48. The van der Waals surface area contributed by atoms with Crippen LogP contribution in [-0.4, -0.2) is 49.8 Å². The molecule has 12 heteroatoms. The van der Waals surface area contributed by atoms with Gasteiger partial charge in [0.1, 0.15) is 0 Å². The average Bonchev–Trinajstić information content (AvgIpc) is 3.05. The normalized spacial score (nSPS) is 17.3. The van der Waals surface area contributed by atoms with Gasteiger partial charge in [-0.2, -0.15) is 0 Å². The van der Waals surface area contributed by atoms with Crippen molar-refractivity contribution in [2.24, 2.45) is 0 Å². The minimum absolute atomic E-state index is 0.0558. The Bertz CT molecular complexity index is 974. The van der Waals surface area contributed by atoms with Crippen molar-refractivity contribution in [3.63, 3.8) is 0 Å². The van der Waals surface area contributed by atoms with Gasteiger partial charge in [-0.3, -0.25) is 4.79 Å². The maximum atomic E-state index is 13.4. The fourth-order valence-electron chi connectivity index (χ4n) is 2.91. The number of carbonyl (C=O) groups excluding carboxylic acids is 2. The Labute approximate surface area is 169 Å². The van der Waals surface area contributed by atoms with Gasteiger partial charge < -0.3 is 15.5 Å². The number of urea groups is 1. The number of amides is 3. The third-order valence-corrected chi connectivity index (χ3v) is 4.88. The molecular formula is C18H20F4N6O2. The second-order valence-corrected chi connectivity index (χ2v) is 7.25. The van der Waals surface area contributed by atoms with Crippen LogP contribution >= 0.6 is 0 Å². The van der Waals surface area contributed by atoms with Crippen molar-refractivity contribution in [2.75, 3.05) is 5.32 Å². The first-order chi connectivity index (χ1) is 14.0. The molecule has 0 saturated carbocycles. The van der Waals surface area contributed by atoms with Gasteiger partial charge in [-0.05, 0) is 26.0 Å². The van der Waals surface area contributed by atoms with Gasteiger partial charge in [0.25, 0.3) is 11.8 Å². The van der Waals surface area contributed by atoms with Crippen molar-refractivity contribution >= 4 is 17.6 Å². The average molecular weight is 428 g/mol. The topological polar surface area (TPSA) is 92.2 Å². The second-order valence-electron chi connectivity index (χ2n) is 7.25. The summed E-state index contributed by atoms with van der Waals surface area (Å²) in [5.41, 5.74) is 0.168. The Kier molecular flexibility index (Phi) is 5.68. The molecular weight excluding hydrogens is 408 g/mol. The largest absolute Gasteiger partial charge is 0.342 e. The number of anilines is 1. The third kappa shape index (κ3) is 4.36. The number of hydrogen-bond donors (Lipinski definition) is 2. The summed E-state index contributed by atoms with van der Waals surface area (Å²) in [6.45, 7) is 3.71. The van der Waals surface area contributed by atoms with E-state index in [1.54, 1.807) is 6.92 Å². The predicted molar refractivity (Wildman–Crippen MR) is 98.0 cm³/mol. The Morgan fingerprint density at radius 1 is 1.27 bits per heavy atom. The van der Waals surface area contributed by atoms with Gasteiger partial charge in [-0.1, -0.05) is 5.21 Å². The van der Waals surface area contributed by atoms with Crippen molar-refractivity contribution < 1.29 is 27.2 Å². The third-order valence-electron chi connectivity index (χ3n) is 4.88. The van der Waals surface area contributed by atoms with Gasteiger partial charge >= 0.3 is 6.03 Å². The summed E-state index contributed by atoms with van der Waals surface area (Å²) < 4.78 is 54.6. The van der Waals surface area contributed by atoms with Crippen LogP contribution in [0.2, 0.25) is 0 Å². The van der Waals surface area contributed by atoms with Crippen molar-refractivity contribution in [1.82, 2.24) is 25.2 Å². The number of hydrogen-bond acceptors (Lipinski definition) is 4. The van der Waals surface area contributed by atoms with E-state index in [-0.39, 0.29) is 36.2 Å². The van der Waals surface area contributed by atoms with Crippen LogP contribution in [0.4, 0.5) is 28.0 Å². The summed E-state index contributed by atoms with van der Waals surface area (Å²) in [5.74, 6) is -6.12. The van der Waals surface area contributed by atoms with Crippen LogP contribution in [0, 0.1) is 11.6 Å². The molecule has 1 aromatic heterocycles. The minimum atomic E-state index is -3.13. The number of rotatable bonds is 4. The van der Waals surface area contributed by atoms with Gasteiger partial charge in [0.15, 0.2) is 17.3 Å². The maximum Gasteiger partial charge on any atom is 0.322 e. The molecule has 2 atom stereocenters. The Morgan fingerprint density at radius 3 is 2.60 bits per heavy atom. The number of halogens is 4. The number of alkyl halides is 2. The maximum absolute atomic E-state index is 13.4. The molecule has 0 aliphatic carbocycles. The van der Waals surface area contributed by atoms with Gasteiger partial charge in [0, 0.05) is 18.7 Å². The summed E-state index contributed by atoms with van der Waals surface area (Å²) in [5, 5.41) is 12.3. The van der Waals surface area contributed by atoms with Gasteiger partial charge in [0.05, 0.1) is 30.9 Å². The molecule has 0 radical (unpaired) electrons. The van der Waals surface area contributed by atoms with Crippen LogP contribution in [0.5, 0.6) is 0 Å². The monoisotopic (exact) mass is 428 g/mol. The zero-order valence-corrected chi connectivity index (χ0v) is 16.4. The van der Waals surface area contributed by atoms with Crippen molar-refractivity contribution in [3.8, 4) is 0 Å². The standard InChI is InChI=1S/C18H20F4N6O2/c1-9-7-28-14(15(25-26-28)16(29)23-10(2)18(3,21)22)8-27(9)17(30)24-11-4-5-12(19)13(20)6-11/h4-6,9-10H,7-8H2,1-3H3,(H,23,29)(H,24,30)/t9-,10+/m0/s1.